The van der Waals surface area contributed by atoms with Crippen LogP contribution in [0.3, 0.4) is 0 Å². The highest BCUT2D eigenvalue weighted by atomic mass is 32.2. The van der Waals surface area contributed by atoms with E-state index in [0.717, 1.165) is 17.3 Å². The van der Waals surface area contributed by atoms with Gasteiger partial charge in [0.05, 0.1) is 18.7 Å². The standard InChI is InChI=1S/C13H14N4O3S/c14-7-12-16-17-13(20-12)21-8-11(19)15-10(18)6-9-4-2-1-3-5-9/h1-5H,6-8,14H2,(H,15,18,19). The summed E-state index contributed by atoms with van der Waals surface area (Å²) in [5.74, 6) is -0.432. The van der Waals surface area contributed by atoms with Crippen LogP contribution in [-0.2, 0) is 22.6 Å². The predicted octanol–water partition coefficient (Wildman–Crippen LogP) is 0.506. The van der Waals surface area contributed by atoms with E-state index < -0.39 is 5.91 Å². The summed E-state index contributed by atoms with van der Waals surface area (Å²) in [6, 6.07) is 9.19. The number of nitrogens with zero attached hydrogens (tertiary/aromatic N) is 2. The molecule has 0 bridgehead atoms. The van der Waals surface area contributed by atoms with Crippen LogP contribution in [-0.4, -0.2) is 27.8 Å². The number of imide groups is 1. The van der Waals surface area contributed by atoms with E-state index in [0.29, 0.717) is 5.89 Å². The smallest absolute Gasteiger partial charge is 0.277 e. The molecule has 0 saturated heterocycles. The van der Waals surface area contributed by atoms with Gasteiger partial charge in [0.2, 0.25) is 17.7 Å². The number of carbonyl (C=O) groups excluding carboxylic acids is 2. The average molecular weight is 306 g/mol. The van der Waals surface area contributed by atoms with Gasteiger partial charge in [-0.25, -0.2) is 0 Å². The lowest BCUT2D eigenvalue weighted by Gasteiger charge is -2.03. The molecular formula is C13H14N4O3S. The third-order valence-corrected chi connectivity index (χ3v) is 3.25. The van der Waals surface area contributed by atoms with Gasteiger partial charge in [-0.1, -0.05) is 42.1 Å². The highest BCUT2D eigenvalue weighted by Crippen LogP contribution is 2.15. The van der Waals surface area contributed by atoms with Gasteiger partial charge >= 0.3 is 0 Å². The van der Waals surface area contributed by atoms with Crippen LogP contribution in [0.15, 0.2) is 40.0 Å². The largest absolute Gasteiger partial charge is 0.415 e. The van der Waals surface area contributed by atoms with Crippen molar-refractivity contribution in [2.45, 2.75) is 18.2 Å². The van der Waals surface area contributed by atoms with Crippen LogP contribution in [0.1, 0.15) is 11.5 Å². The number of aromatic nitrogens is 2. The van der Waals surface area contributed by atoms with E-state index in [1.54, 1.807) is 0 Å². The van der Waals surface area contributed by atoms with Crippen molar-refractivity contribution in [3.05, 3.63) is 41.8 Å². The molecule has 7 nitrogen and oxygen atoms in total. The Morgan fingerprint density at radius 2 is 1.95 bits per heavy atom. The van der Waals surface area contributed by atoms with E-state index in [9.17, 15) is 9.59 Å². The molecule has 0 aliphatic heterocycles. The van der Waals surface area contributed by atoms with Crippen LogP contribution in [0, 0.1) is 0 Å². The van der Waals surface area contributed by atoms with Crippen molar-refractivity contribution in [1.29, 1.82) is 0 Å². The first kappa shape index (κ1) is 15.2. The number of amides is 2. The molecular weight excluding hydrogens is 292 g/mol. The minimum Gasteiger partial charge on any atom is -0.415 e. The molecule has 2 aromatic rings. The highest BCUT2D eigenvalue weighted by molar-refractivity contribution is 7.99. The third kappa shape index (κ3) is 5.01. The lowest BCUT2D eigenvalue weighted by molar-refractivity contribution is -0.128. The van der Waals surface area contributed by atoms with Gasteiger partial charge in [0, 0.05) is 0 Å². The molecule has 0 atom stereocenters. The Morgan fingerprint density at radius 1 is 1.19 bits per heavy atom. The molecule has 0 aliphatic rings. The van der Waals surface area contributed by atoms with Crippen LogP contribution in [0.25, 0.3) is 0 Å². The average Bonchev–Trinajstić information content (AvgIpc) is 2.94. The van der Waals surface area contributed by atoms with E-state index >= 15 is 0 Å². The fourth-order valence-corrected chi connectivity index (χ4v) is 2.10. The quantitative estimate of drug-likeness (QED) is 0.748. The molecule has 0 saturated carbocycles. The monoisotopic (exact) mass is 306 g/mol. The Bertz CT molecular complexity index is 615. The van der Waals surface area contributed by atoms with Crippen molar-refractivity contribution >= 4 is 23.6 Å². The SMILES string of the molecule is NCc1nnc(SCC(=O)NC(=O)Cc2ccccc2)o1. The summed E-state index contributed by atoms with van der Waals surface area (Å²) in [5.41, 5.74) is 6.18. The first-order valence-electron chi connectivity index (χ1n) is 6.19. The summed E-state index contributed by atoms with van der Waals surface area (Å²) in [4.78, 5) is 23.3. The van der Waals surface area contributed by atoms with Crippen molar-refractivity contribution in [3.8, 4) is 0 Å². The normalized spacial score (nSPS) is 10.3. The predicted molar refractivity (Wildman–Crippen MR) is 76.2 cm³/mol. The van der Waals surface area contributed by atoms with Gasteiger partial charge in [-0.3, -0.25) is 14.9 Å². The molecule has 1 heterocycles. The maximum atomic E-state index is 11.7. The zero-order valence-electron chi connectivity index (χ0n) is 11.1. The van der Waals surface area contributed by atoms with Crippen LogP contribution in [0.5, 0.6) is 0 Å². The molecule has 2 amide bonds. The molecule has 0 radical (unpaired) electrons. The minimum absolute atomic E-state index is 0.0206. The third-order valence-electron chi connectivity index (χ3n) is 2.44. The Labute approximate surface area is 125 Å². The lowest BCUT2D eigenvalue weighted by Crippen LogP contribution is -2.33. The zero-order chi connectivity index (χ0) is 15.1. The molecule has 3 N–H and O–H groups in total. The topological polar surface area (TPSA) is 111 Å². The van der Waals surface area contributed by atoms with Gasteiger partial charge in [-0.05, 0) is 5.56 Å². The Morgan fingerprint density at radius 3 is 2.62 bits per heavy atom. The van der Waals surface area contributed by atoms with E-state index in [1.807, 2.05) is 30.3 Å². The number of benzene rings is 1. The van der Waals surface area contributed by atoms with E-state index in [1.165, 1.54) is 0 Å². The summed E-state index contributed by atoms with van der Waals surface area (Å²) in [6.07, 6.45) is 0.162. The summed E-state index contributed by atoms with van der Waals surface area (Å²) in [7, 11) is 0. The number of nitrogens with two attached hydrogens (primary N) is 1. The molecule has 0 fully saturated rings. The number of hydrogen-bond donors (Lipinski definition) is 2. The van der Waals surface area contributed by atoms with E-state index in [2.05, 4.69) is 15.5 Å². The molecule has 1 aromatic carbocycles. The van der Waals surface area contributed by atoms with Gasteiger partial charge in [0.1, 0.15) is 0 Å². The Kier molecular flexibility index (Phi) is 5.47. The summed E-state index contributed by atoms with van der Waals surface area (Å²) >= 11 is 1.05. The summed E-state index contributed by atoms with van der Waals surface area (Å²) < 4.78 is 5.13. The summed E-state index contributed by atoms with van der Waals surface area (Å²) in [5, 5.41) is 9.93. The maximum Gasteiger partial charge on any atom is 0.277 e. The molecule has 2 rings (SSSR count). The van der Waals surface area contributed by atoms with Gasteiger partial charge in [0.15, 0.2) is 0 Å². The molecule has 0 spiro atoms. The van der Waals surface area contributed by atoms with Crippen LogP contribution in [0.2, 0.25) is 0 Å². The van der Waals surface area contributed by atoms with Crippen molar-refractivity contribution in [1.82, 2.24) is 15.5 Å². The second-order valence-corrected chi connectivity index (χ2v) is 5.01. The second-order valence-electron chi connectivity index (χ2n) is 4.09. The number of nitrogens with one attached hydrogen (secondary N) is 1. The first-order chi connectivity index (χ1) is 10.2. The Hall–Kier alpha value is -2.19. The minimum atomic E-state index is -0.409. The maximum absolute atomic E-state index is 11.7. The van der Waals surface area contributed by atoms with Crippen LogP contribution < -0.4 is 11.1 Å². The van der Waals surface area contributed by atoms with Crippen molar-refractivity contribution in [3.63, 3.8) is 0 Å². The van der Waals surface area contributed by atoms with E-state index in [4.69, 9.17) is 10.2 Å². The van der Waals surface area contributed by atoms with Crippen molar-refractivity contribution in [2.24, 2.45) is 5.73 Å². The van der Waals surface area contributed by atoms with Crippen LogP contribution in [0.4, 0.5) is 0 Å². The fraction of sp³-hybridized carbons (Fsp3) is 0.231. The molecule has 8 heteroatoms. The first-order valence-corrected chi connectivity index (χ1v) is 7.18. The number of thioether (sulfide) groups is 1. The number of carbonyl (C=O) groups is 2. The molecule has 0 unspecified atom stereocenters. The van der Waals surface area contributed by atoms with Gasteiger partial charge < -0.3 is 10.2 Å². The second kappa shape index (κ2) is 7.55. The zero-order valence-corrected chi connectivity index (χ0v) is 11.9. The lowest BCUT2D eigenvalue weighted by atomic mass is 10.1. The summed E-state index contributed by atoms with van der Waals surface area (Å²) in [6.45, 7) is 0.148. The van der Waals surface area contributed by atoms with E-state index in [-0.39, 0.29) is 29.8 Å². The molecule has 0 aliphatic carbocycles. The van der Waals surface area contributed by atoms with Gasteiger partial charge in [-0.2, -0.15) is 0 Å². The van der Waals surface area contributed by atoms with Crippen molar-refractivity contribution < 1.29 is 14.0 Å². The number of rotatable bonds is 6. The molecule has 21 heavy (non-hydrogen) atoms. The Balaban J connectivity index is 1.75. The van der Waals surface area contributed by atoms with Crippen LogP contribution >= 0.6 is 11.8 Å². The van der Waals surface area contributed by atoms with Gasteiger partial charge in [-0.15, -0.1) is 10.2 Å². The number of hydrogen-bond acceptors (Lipinski definition) is 7. The van der Waals surface area contributed by atoms with Gasteiger partial charge in [0.25, 0.3) is 5.22 Å². The molecule has 110 valence electrons. The van der Waals surface area contributed by atoms with Crippen molar-refractivity contribution in [2.75, 3.05) is 5.75 Å². The molecule has 1 aromatic heterocycles. The fourth-order valence-electron chi connectivity index (χ4n) is 1.52. The highest BCUT2D eigenvalue weighted by Gasteiger charge is 2.12.